The second kappa shape index (κ2) is 11.2. The molecule has 1 aromatic carbocycles. The molecule has 3 aliphatic heterocycles. The standard InChI is InChI=1S/C30H35F3N6O2/c1-5-9-36-10-12-37(13-11-36)14-15-38-19-22-17-26(40)39(25-18-23(30(31,32)33)16-21(3)34-25)28(22)29(41)35(4)24-8-6-7-20(2)27(24)38/h6-8,16,18,22,28H,10-15,17,19H2,1-4H3/t22-,28+/m1/s1. The summed E-state index contributed by atoms with van der Waals surface area (Å²) < 4.78 is 40.9. The number of carbonyl (C=O) groups excluding carboxylic acids is 2. The fourth-order valence-corrected chi connectivity index (χ4v) is 6.21. The summed E-state index contributed by atoms with van der Waals surface area (Å²) in [5.41, 5.74) is 1.90. The molecule has 0 spiro atoms. The second-order valence-corrected chi connectivity index (χ2v) is 11.0. The third-order valence-electron chi connectivity index (χ3n) is 8.21. The summed E-state index contributed by atoms with van der Waals surface area (Å²) in [6.07, 6.45) is -4.55. The molecule has 41 heavy (non-hydrogen) atoms. The Morgan fingerprint density at radius 3 is 2.46 bits per heavy atom. The van der Waals surface area contributed by atoms with Crippen molar-refractivity contribution in [2.75, 3.05) is 67.6 Å². The fraction of sp³-hybridized carbons (Fsp3) is 0.500. The molecule has 4 heterocycles. The van der Waals surface area contributed by atoms with E-state index >= 15 is 0 Å². The minimum Gasteiger partial charge on any atom is -0.368 e. The van der Waals surface area contributed by atoms with Crippen LogP contribution in [0.4, 0.5) is 30.4 Å². The van der Waals surface area contributed by atoms with Crippen LogP contribution in [0, 0.1) is 31.7 Å². The number of amides is 2. The van der Waals surface area contributed by atoms with Gasteiger partial charge in [-0.1, -0.05) is 18.1 Å². The van der Waals surface area contributed by atoms with Crippen LogP contribution in [0.3, 0.4) is 0 Å². The maximum atomic E-state index is 14.0. The number of hydrogen-bond acceptors (Lipinski definition) is 6. The predicted molar refractivity (Wildman–Crippen MR) is 152 cm³/mol. The molecule has 2 aromatic rings. The third-order valence-corrected chi connectivity index (χ3v) is 8.21. The molecule has 1 aromatic heterocycles. The van der Waals surface area contributed by atoms with Gasteiger partial charge in [-0.2, -0.15) is 13.2 Å². The van der Waals surface area contributed by atoms with Crippen LogP contribution in [0.5, 0.6) is 0 Å². The van der Waals surface area contributed by atoms with Gasteiger partial charge < -0.3 is 14.7 Å². The van der Waals surface area contributed by atoms with Crippen molar-refractivity contribution in [3.63, 3.8) is 0 Å². The van der Waals surface area contributed by atoms with E-state index < -0.39 is 29.6 Å². The molecule has 218 valence electrons. The van der Waals surface area contributed by atoms with Crippen LogP contribution in [0.15, 0.2) is 30.3 Å². The summed E-state index contributed by atoms with van der Waals surface area (Å²) >= 11 is 0. The first-order valence-corrected chi connectivity index (χ1v) is 13.9. The zero-order valence-corrected chi connectivity index (χ0v) is 23.8. The molecule has 2 saturated heterocycles. The van der Waals surface area contributed by atoms with Gasteiger partial charge in [-0.3, -0.25) is 19.4 Å². The van der Waals surface area contributed by atoms with E-state index in [1.54, 1.807) is 11.9 Å². The first-order valence-electron chi connectivity index (χ1n) is 13.9. The third kappa shape index (κ3) is 5.71. The van der Waals surface area contributed by atoms with Crippen molar-refractivity contribution in [2.45, 2.75) is 39.4 Å². The fourth-order valence-electron chi connectivity index (χ4n) is 6.21. The van der Waals surface area contributed by atoms with Crippen LogP contribution in [0.2, 0.25) is 0 Å². The van der Waals surface area contributed by atoms with E-state index in [-0.39, 0.29) is 23.8 Å². The number of anilines is 3. The lowest BCUT2D eigenvalue weighted by Crippen LogP contribution is -2.53. The Morgan fingerprint density at radius 1 is 1.05 bits per heavy atom. The summed E-state index contributed by atoms with van der Waals surface area (Å²) in [6, 6.07) is 9.75. The van der Waals surface area contributed by atoms with E-state index in [1.165, 1.54) is 11.8 Å². The van der Waals surface area contributed by atoms with Crippen LogP contribution in [0.1, 0.15) is 30.2 Å². The molecule has 2 atom stereocenters. The van der Waals surface area contributed by atoms with Gasteiger partial charge >= 0.3 is 6.18 Å². The van der Waals surface area contributed by atoms with Gasteiger partial charge in [0.2, 0.25) is 11.8 Å². The zero-order valence-electron chi connectivity index (χ0n) is 23.8. The zero-order chi connectivity index (χ0) is 29.5. The largest absolute Gasteiger partial charge is 0.416 e. The van der Waals surface area contributed by atoms with E-state index in [4.69, 9.17) is 0 Å². The highest BCUT2D eigenvalue weighted by atomic mass is 19.4. The quantitative estimate of drug-likeness (QED) is 0.527. The van der Waals surface area contributed by atoms with Gasteiger partial charge in [-0.25, -0.2) is 4.98 Å². The molecular formula is C30H35F3N6O2. The normalized spacial score (nSPS) is 21.7. The molecular weight excluding hydrogens is 533 g/mol. The molecule has 0 bridgehead atoms. The maximum Gasteiger partial charge on any atom is 0.416 e. The number of fused-ring (bicyclic) bond motifs is 2. The van der Waals surface area contributed by atoms with Crippen LogP contribution >= 0.6 is 0 Å². The van der Waals surface area contributed by atoms with E-state index in [0.29, 0.717) is 18.8 Å². The Labute approximate surface area is 238 Å². The number of benzene rings is 1. The van der Waals surface area contributed by atoms with Crippen LogP contribution in [0.25, 0.3) is 0 Å². The smallest absolute Gasteiger partial charge is 0.368 e. The molecule has 0 saturated carbocycles. The molecule has 2 fully saturated rings. The van der Waals surface area contributed by atoms with Crippen molar-refractivity contribution < 1.29 is 22.8 Å². The molecule has 0 N–H and O–H groups in total. The van der Waals surface area contributed by atoms with Gasteiger partial charge in [0.1, 0.15) is 11.9 Å². The molecule has 11 heteroatoms. The van der Waals surface area contributed by atoms with E-state index in [0.717, 1.165) is 56.1 Å². The minimum atomic E-state index is -4.60. The number of likely N-dealkylation sites (N-methyl/N-ethyl adjacent to an activating group) is 1. The number of halogens is 3. The number of rotatable bonds is 4. The SMILES string of the molecule is CC#CN1CCN(CCN2C[C@H]3CC(=O)N(c4cc(C(F)(F)F)cc(C)n4)[C@@H]3C(=O)N(C)c3cccc(C)c32)CC1. The lowest BCUT2D eigenvalue weighted by Gasteiger charge is -2.40. The molecule has 3 aliphatic rings. The Balaban J connectivity index is 1.48. The number of hydrogen-bond donors (Lipinski definition) is 0. The Morgan fingerprint density at radius 2 is 1.78 bits per heavy atom. The van der Waals surface area contributed by atoms with Crippen LogP contribution in [-0.4, -0.2) is 85.5 Å². The summed E-state index contributed by atoms with van der Waals surface area (Å²) in [7, 11) is 1.67. The predicted octanol–water partition coefficient (Wildman–Crippen LogP) is 3.52. The molecule has 8 nitrogen and oxygen atoms in total. The first kappa shape index (κ1) is 28.7. The number of piperazine rings is 1. The Bertz CT molecular complexity index is 1390. The van der Waals surface area contributed by atoms with Crippen molar-refractivity contribution in [3.8, 4) is 12.0 Å². The van der Waals surface area contributed by atoms with Gasteiger partial charge in [0.05, 0.1) is 16.9 Å². The second-order valence-electron chi connectivity index (χ2n) is 11.0. The average Bonchev–Trinajstić information content (AvgIpc) is 3.25. The van der Waals surface area contributed by atoms with Gasteiger partial charge in [0.25, 0.3) is 0 Å². The number of pyridine rings is 1. The molecule has 5 rings (SSSR count). The number of alkyl halides is 3. The van der Waals surface area contributed by atoms with Crippen molar-refractivity contribution in [2.24, 2.45) is 5.92 Å². The minimum absolute atomic E-state index is 0.0489. The van der Waals surface area contributed by atoms with Crippen molar-refractivity contribution >= 4 is 29.0 Å². The average molecular weight is 569 g/mol. The highest BCUT2D eigenvalue weighted by Gasteiger charge is 2.49. The Hall–Kier alpha value is -3.78. The van der Waals surface area contributed by atoms with Gasteiger partial charge in [0.15, 0.2) is 0 Å². The summed E-state index contributed by atoms with van der Waals surface area (Å²) in [6.45, 7) is 10.7. The van der Waals surface area contributed by atoms with Gasteiger partial charge in [0, 0.05) is 76.9 Å². The number of carbonyl (C=O) groups is 2. The van der Waals surface area contributed by atoms with Crippen molar-refractivity contribution in [1.82, 2.24) is 14.8 Å². The number of aromatic nitrogens is 1. The molecule has 2 amide bonds. The van der Waals surface area contributed by atoms with Crippen molar-refractivity contribution in [3.05, 3.63) is 47.2 Å². The maximum absolute atomic E-state index is 14.0. The number of nitrogens with zero attached hydrogens (tertiary/aromatic N) is 6. The number of aryl methyl sites for hydroxylation is 2. The van der Waals surface area contributed by atoms with Crippen LogP contribution < -0.4 is 14.7 Å². The van der Waals surface area contributed by atoms with Gasteiger partial charge in [-0.15, -0.1) is 0 Å². The highest BCUT2D eigenvalue weighted by molar-refractivity contribution is 6.10. The topological polar surface area (TPSA) is 63.2 Å². The highest BCUT2D eigenvalue weighted by Crippen LogP contribution is 2.41. The lowest BCUT2D eigenvalue weighted by molar-refractivity contribution is -0.137. The molecule has 0 radical (unpaired) electrons. The summed E-state index contributed by atoms with van der Waals surface area (Å²) in [5.74, 6) is 1.66. The van der Waals surface area contributed by atoms with E-state index in [2.05, 4.69) is 31.6 Å². The summed E-state index contributed by atoms with van der Waals surface area (Å²) in [5, 5.41) is 0. The Kier molecular flexibility index (Phi) is 7.88. The first-order chi connectivity index (χ1) is 19.5. The molecule has 0 aliphatic carbocycles. The van der Waals surface area contributed by atoms with E-state index in [1.807, 2.05) is 32.0 Å². The van der Waals surface area contributed by atoms with Crippen LogP contribution in [-0.2, 0) is 15.8 Å². The summed E-state index contributed by atoms with van der Waals surface area (Å²) in [4.78, 5) is 41.2. The number of para-hydroxylation sites is 1. The lowest BCUT2D eigenvalue weighted by atomic mass is 9.95. The van der Waals surface area contributed by atoms with Gasteiger partial charge in [-0.05, 0) is 44.5 Å². The monoisotopic (exact) mass is 568 g/mol. The molecule has 0 unspecified atom stereocenters. The van der Waals surface area contributed by atoms with E-state index in [9.17, 15) is 22.8 Å². The van der Waals surface area contributed by atoms with Crippen molar-refractivity contribution in [1.29, 1.82) is 0 Å².